The molecule has 4 rings (SSSR count). The molecule has 2 aromatic carbocycles. The number of nitrogens with one attached hydrogen (secondary N) is 1. The predicted molar refractivity (Wildman–Crippen MR) is 178 cm³/mol. The van der Waals surface area contributed by atoms with E-state index in [2.05, 4.69) is 25.8 Å². The van der Waals surface area contributed by atoms with Crippen molar-refractivity contribution in [1.82, 2.24) is 9.55 Å². The lowest BCUT2D eigenvalue weighted by molar-refractivity contribution is -0.0583. The van der Waals surface area contributed by atoms with Gasteiger partial charge in [-0.3, -0.25) is 18.9 Å². The van der Waals surface area contributed by atoms with Gasteiger partial charge in [-0.05, 0) is 33.5 Å². The van der Waals surface area contributed by atoms with Crippen molar-refractivity contribution in [1.29, 1.82) is 0 Å². The van der Waals surface area contributed by atoms with E-state index in [0.29, 0.717) is 0 Å². The van der Waals surface area contributed by atoms with Gasteiger partial charge in [-0.2, -0.15) is 0 Å². The third-order valence-corrected chi connectivity index (χ3v) is 20.1. The van der Waals surface area contributed by atoms with Gasteiger partial charge in [-0.25, -0.2) is 4.79 Å². The number of benzene rings is 2. The molecule has 1 aliphatic rings. The zero-order chi connectivity index (χ0) is 33.6. The number of H-pyrrole nitrogens is 1. The zero-order valence-electron chi connectivity index (χ0n) is 27.1. The summed E-state index contributed by atoms with van der Waals surface area (Å²) in [5, 5.41) is 10.3. The molecule has 0 unspecified atom stereocenters. The molecule has 14 heteroatoms. The minimum Gasteiger partial charge on any atom is -0.406 e. The van der Waals surface area contributed by atoms with E-state index < -0.39 is 75.9 Å². The molecule has 4 atom stereocenters. The molecule has 4 N–H and O–H groups in total. The van der Waals surface area contributed by atoms with E-state index in [1.807, 2.05) is 94.5 Å². The van der Waals surface area contributed by atoms with Crippen LogP contribution >= 0.6 is 7.60 Å². The van der Waals surface area contributed by atoms with Crippen molar-refractivity contribution in [3.8, 4) is 0 Å². The number of rotatable bonds is 9. The summed E-state index contributed by atoms with van der Waals surface area (Å²) in [5.41, 5.74) is -1.54. The van der Waals surface area contributed by atoms with Gasteiger partial charge >= 0.3 is 13.3 Å². The topological polar surface area (TPSA) is 160 Å². The van der Waals surface area contributed by atoms with Crippen LogP contribution < -0.4 is 21.6 Å². The second-order valence-corrected chi connectivity index (χ2v) is 25.0. The molecule has 11 nitrogen and oxygen atoms in total. The third kappa shape index (κ3) is 6.43. The van der Waals surface area contributed by atoms with E-state index in [9.17, 15) is 29.0 Å². The Labute approximate surface area is 265 Å². The van der Waals surface area contributed by atoms with Crippen molar-refractivity contribution in [2.45, 2.75) is 88.5 Å². The highest BCUT2D eigenvalue weighted by atomic mass is 31.2. The second kappa shape index (κ2) is 12.3. The monoisotopic (exact) mass is 676 g/mol. The molecule has 246 valence electrons. The highest BCUT2D eigenvalue weighted by Crippen LogP contribution is 2.61. The third-order valence-electron chi connectivity index (χ3n) is 9.14. The molecule has 0 amide bonds. The van der Waals surface area contributed by atoms with Gasteiger partial charge in [-0.1, -0.05) is 102 Å². The molecule has 3 aromatic rings. The molecule has 0 aliphatic carbocycles. The number of aromatic nitrogens is 2. The van der Waals surface area contributed by atoms with Crippen LogP contribution in [0.1, 0.15) is 47.8 Å². The van der Waals surface area contributed by atoms with Gasteiger partial charge in [0.15, 0.2) is 14.5 Å². The van der Waals surface area contributed by atoms with Crippen LogP contribution in [0.15, 0.2) is 82.5 Å². The highest BCUT2D eigenvalue weighted by molar-refractivity contribution is 7.53. The smallest absolute Gasteiger partial charge is 0.362 e. The summed E-state index contributed by atoms with van der Waals surface area (Å²) in [5.74, 6) is 0. The molecule has 1 saturated heterocycles. The van der Waals surface area contributed by atoms with Crippen LogP contribution in [0.5, 0.6) is 0 Å². The van der Waals surface area contributed by atoms with Crippen LogP contribution in [-0.2, 0) is 18.2 Å². The first-order valence-electron chi connectivity index (χ1n) is 14.8. The Kier molecular flexibility index (Phi) is 9.67. The summed E-state index contributed by atoms with van der Waals surface area (Å²) in [6.07, 6.45) is -3.64. The van der Waals surface area contributed by atoms with Gasteiger partial charge in [0.25, 0.3) is 13.9 Å². The molecule has 1 aliphatic heterocycles. The number of nitrogens with zero attached hydrogens (tertiary/aromatic N) is 1. The average molecular weight is 677 g/mol. The van der Waals surface area contributed by atoms with Crippen molar-refractivity contribution in [3.05, 3.63) is 93.8 Å². The van der Waals surface area contributed by atoms with E-state index in [0.717, 1.165) is 21.0 Å². The van der Waals surface area contributed by atoms with Gasteiger partial charge in [0, 0.05) is 12.3 Å². The summed E-state index contributed by atoms with van der Waals surface area (Å²) in [6.45, 7) is 15.3. The van der Waals surface area contributed by atoms with Crippen molar-refractivity contribution in [2.24, 2.45) is 0 Å². The Hall–Kier alpha value is -2.46. The van der Waals surface area contributed by atoms with Crippen molar-refractivity contribution >= 4 is 34.6 Å². The molecule has 1 fully saturated rings. The molecule has 1 aromatic heterocycles. The maximum atomic E-state index is 13.4. The molecular weight excluding hydrogens is 631 g/mol. The predicted octanol–water partition coefficient (Wildman–Crippen LogP) is 3.27. The molecule has 0 saturated carbocycles. The fourth-order valence-corrected chi connectivity index (χ4v) is 12.7. The van der Waals surface area contributed by atoms with Crippen LogP contribution in [-0.4, -0.2) is 65.2 Å². The molecular formula is C31H45N2O9PSi2. The van der Waals surface area contributed by atoms with Crippen molar-refractivity contribution < 1.29 is 33.0 Å². The molecule has 0 bridgehead atoms. The van der Waals surface area contributed by atoms with Crippen LogP contribution in [0, 0.1) is 0 Å². The van der Waals surface area contributed by atoms with Gasteiger partial charge < -0.3 is 28.5 Å². The standard InChI is InChI=1S/C31H45N2O9PSi2/c1-29(2,3)44(7,8)42-26-27(33-20-19-25(34)32-28(33)35)41-24(31(26,36)43(37,38)39)21-40-45(30(4,5)6,22-15-11-9-12-16-22)23-17-13-10-14-18-23/h9-20,24,26-27,36H,21H2,1-8H3,(H,32,34,35)(H2,37,38,39)/t24-,26+,27-,31+/m1/s1. The minimum atomic E-state index is -5.45. The lowest BCUT2D eigenvalue weighted by Crippen LogP contribution is -2.67. The Morgan fingerprint density at radius 3 is 1.84 bits per heavy atom. The van der Waals surface area contributed by atoms with E-state index in [1.165, 1.54) is 6.20 Å². The Morgan fingerprint density at radius 1 is 0.911 bits per heavy atom. The fourth-order valence-electron chi connectivity index (χ4n) is 5.69. The van der Waals surface area contributed by atoms with E-state index in [1.54, 1.807) is 0 Å². The second-order valence-electron chi connectivity index (χ2n) is 14.1. The van der Waals surface area contributed by atoms with Crippen LogP contribution in [0.4, 0.5) is 0 Å². The number of aliphatic hydroxyl groups is 1. The van der Waals surface area contributed by atoms with Gasteiger partial charge in [0.1, 0.15) is 12.2 Å². The number of hydrogen-bond donors (Lipinski definition) is 4. The Balaban J connectivity index is 1.91. The van der Waals surface area contributed by atoms with Gasteiger partial charge in [0.05, 0.1) is 6.61 Å². The Bertz CT molecular complexity index is 1610. The SMILES string of the molecule is CC(C)(C)[Si](C)(C)O[C@H]1[C@H](n2ccc(=O)[nH]c2=O)O[C@H](CO[Si](c2ccccc2)(c2ccccc2)C(C)(C)C)[C@]1(O)P(=O)(O)O. The van der Waals surface area contributed by atoms with E-state index in [4.69, 9.17) is 13.6 Å². The average Bonchev–Trinajstić information content (AvgIpc) is 3.20. The first kappa shape index (κ1) is 35.4. The maximum Gasteiger partial charge on any atom is 0.362 e. The maximum absolute atomic E-state index is 13.4. The largest absolute Gasteiger partial charge is 0.406 e. The normalized spacial score (nSPS) is 23.3. The summed E-state index contributed by atoms with van der Waals surface area (Å²) in [6, 6.07) is 20.4. The quantitative estimate of drug-likeness (QED) is 0.197. The lowest BCUT2D eigenvalue weighted by atomic mass is 10.1. The van der Waals surface area contributed by atoms with Crippen LogP contribution in [0.3, 0.4) is 0 Å². The Morgan fingerprint density at radius 2 is 1.42 bits per heavy atom. The molecule has 0 radical (unpaired) electrons. The highest BCUT2D eigenvalue weighted by Gasteiger charge is 2.69. The molecule has 0 spiro atoms. The van der Waals surface area contributed by atoms with Crippen molar-refractivity contribution in [2.75, 3.05) is 6.61 Å². The molecule has 45 heavy (non-hydrogen) atoms. The van der Waals surface area contributed by atoms with Gasteiger partial charge in [0.2, 0.25) is 5.34 Å². The summed E-state index contributed by atoms with van der Waals surface area (Å²) >= 11 is 0. The van der Waals surface area contributed by atoms with E-state index >= 15 is 0 Å². The minimum absolute atomic E-state index is 0.430. The lowest BCUT2D eigenvalue weighted by Gasteiger charge is -2.45. The van der Waals surface area contributed by atoms with Gasteiger partial charge in [-0.15, -0.1) is 0 Å². The van der Waals surface area contributed by atoms with Crippen LogP contribution in [0.25, 0.3) is 0 Å². The summed E-state index contributed by atoms with van der Waals surface area (Å²) in [4.78, 5) is 48.8. The molecule has 2 heterocycles. The number of hydrogen-bond acceptors (Lipinski definition) is 7. The summed E-state index contributed by atoms with van der Waals surface area (Å²) in [7, 11) is -11.6. The first-order valence-corrected chi connectivity index (χ1v) is 21.3. The van der Waals surface area contributed by atoms with E-state index in [-0.39, 0.29) is 0 Å². The van der Waals surface area contributed by atoms with Crippen molar-refractivity contribution in [3.63, 3.8) is 0 Å². The fraction of sp³-hybridized carbons (Fsp3) is 0.484. The number of ether oxygens (including phenoxy) is 1. The zero-order valence-corrected chi connectivity index (χ0v) is 29.9. The van der Waals surface area contributed by atoms with Crippen LogP contribution in [0.2, 0.25) is 23.2 Å². The summed E-state index contributed by atoms with van der Waals surface area (Å²) < 4.78 is 34.1. The first-order chi connectivity index (χ1) is 20.7. The number of aromatic amines is 1.